The van der Waals surface area contributed by atoms with Crippen LogP contribution in [0.15, 0.2) is 54.9 Å². The van der Waals surface area contributed by atoms with E-state index in [9.17, 15) is 4.39 Å². The number of benzene rings is 2. The molecule has 2 aromatic carbocycles. The lowest BCUT2D eigenvalue weighted by Gasteiger charge is -2.08. The van der Waals surface area contributed by atoms with Gasteiger partial charge in [-0.2, -0.15) is 0 Å². The molecule has 0 atom stereocenters. The van der Waals surface area contributed by atoms with Crippen LogP contribution in [0.5, 0.6) is 0 Å². The summed E-state index contributed by atoms with van der Waals surface area (Å²) in [6.45, 7) is 0. The summed E-state index contributed by atoms with van der Waals surface area (Å²) in [7, 11) is 0. The minimum Gasteiger partial charge on any atom is -0.328 e. The summed E-state index contributed by atoms with van der Waals surface area (Å²) in [5, 5.41) is 2.04. The van der Waals surface area contributed by atoms with Crippen LogP contribution in [0, 0.1) is 10.6 Å². The predicted octanol–water partition coefficient (Wildman–Crippen LogP) is 4.38. The number of pyridine rings is 1. The Morgan fingerprint density at radius 2 is 1.95 bits per heavy atom. The van der Waals surface area contributed by atoms with E-state index >= 15 is 0 Å². The Morgan fingerprint density at radius 3 is 2.86 bits per heavy atom. The molecule has 4 aromatic rings. The van der Waals surface area contributed by atoms with E-state index in [0.717, 1.165) is 22.0 Å². The Labute approximate surface area is 124 Å². The number of para-hydroxylation sites is 1. The summed E-state index contributed by atoms with van der Waals surface area (Å²) in [6.07, 6.45) is 3.55. The number of hydrogen-bond acceptors (Lipinski definition) is 2. The largest absolute Gasteiger partial charge is 0.328 e. The van der Waals surface area contributed by atoms with Crippen molar-refractivity contribution in [1.82, 2.24) is 14.5 Å². The highest BCUT2D eigenvalue weighted by atomic mass is 32.1. The van der Waals surface area contributed by atoms with Gasteiger partial charge in [-0.25, -0.2) is 4.39 Å². The van der Waals surface area contributed by atoms with Gasteiger partial charge in [0.05, 0.1) is 11.2 Å². The van der Waals surface area contributed by atoms with Crippen LogP contribution in [0.4, 0.5) is 4.39 Å². The van der Waals surface area contributed by atoms with Crippen LogP contribution in [0.25, 0.3) is 27.5 Å². The molecule has 4 rings (SSSR count). The predicted molar refractivity (Wildman–Crippen MR) is 83.7 cm³/mol. The summed E-state index contributed by atoms with van der Waals surface area (Å²) in [6, 6.07) is 12.8. The third-order valence-electron chi connectivity index (χ3n) is 3.57. The van der Waals surface area contributed by atoms with E-state index in [2.05, 4.69) is 9.97 Å². The topological polar surface area (TPSA) is 33.6 Å². The lowest BCUT2D eigenvalue weighted by Crippen LogP contribution is -1.95. The average molecular weight is 295 g/mol. The minimum absolute atomic E-state index is 0.310. The molecule has 0 spiro atoms. The van der Waals surface area contributed by atoms with E-state index in [0.29, 0.717) is 10.3 Å². The molecule has 0 unspecified atom stereocenters. The Balaban J connectivity index is 2.17. The molecule has 102 valence electrons. The van der Waals surface area contributed by atoms with Gasteiger partial charge in [-0.1, -0.05) is 18.2 Å². The summed E-state index contributed by atoms with van der Waals surface area (Å²) in [5.74, 6) is -0.310. The first-order chi connectivity index (χ1) is 10.3. The SMILES string of the molecule is Fc1cccc2c1[nH]c(=S)n2-c1cccc2ccncc12. The molecule has 0 bridgehead atoms. The van der Waals surface area contributed by atoms with Crippen LogP contribution in [0.1, 0.15) is 0 Å². The van der Waals surface area contributed by atoms with Gasteiger partial charge in [0.1, 0.15) is 11.3 Å². The Kier molecular flexibility index (Phi) is 2.62. The van der Waals surface area contributed by atoms with Crippen molar-refractivity contribution in [3.05, 3.63) is 65.4 Å². The fourth-order valence-corrected chi connectivity index (χ4v) is 2.93. The lowest BCUT2D eigenvalue weighted by atomic mass is 10.1. The van der Waals surface area contributed by atoms with Crippen molar-refractivity contribution in [3.8, 4) is 5.69 Å². The second-order valence-electron chi connectivity index (χ2n) is 4.77. The molecule has 0 aliphatic heterocycles. The molecule has 0 aliphatic rings. The number of nitrogens with one attached hydrogen (secondary N) is 1. The molecule has 0 radical (unpaired) electrons. The van der Waals surface area contributed by atoms with Crippen LogP contribution in [0.3, 0.4) is 0 Å². The number of halogens is 1. The maximum Gasteiger partial charge on any atom is 0.182 e. The Bertz CT molecular complexity index is 1030. The zero-order valence-corrected chi connectivity index (χ0v) is 11.7. The maximum absolute atomic E-state index is 13.9. The van der Waals surface area contributed by atoms with Crippen molar-refractivity contribution in [2.45, 2.75) is 0 Å². The van der Waals surface area contributed by atoms with Gasteiger partial charge in [-0.05, 0) is 41.9 Å². The zero-order valence-electron chi connectivity index (χ0n) is 10.9. The highest BCUT2D eigenvalue weighted by Gasteiger charge is 2.11. The number of aromatic nitrogens is 3. The van der Waals surface area contributed by atoms with Gasteiger partial charge in [0.15, 0.2) is 4.77 Å². The summed E-state index contributed by atoms with van der Waals surface area (Å²) >= 11 is 5.38. The smallest absolute Gasteiger partial charge is 0.182 e. The number of nitrogens with zero attached hydrogens (tertiary/aromatic N) is 2. The standard InChI is InChI=1S/C16H10FN3S/c17-12-4-2-6-14-15(12)19-16(21)20(14)13-5-1-3-10-7-8-18-9-11(10)13/h1-9H,(H,19,21). The third kappa shape index (κ3) is 1.78. The molecule has 2 heterocycles. The molecule has 1 N–H and O–H groups in total. The second-order valence-corrected chi connectivity index (χ2v) is 5.16. The van der Waals surface area contributed by atoms with Crippen LogP contribution in [0.2, 0.25) is 0 Å². The first-order valence-corrected chi connectivity index (χ1v) is 6.89. The number of imidazole rings is 1. The number of H-pyrrole nitrogens is 1. The van der Waals surface area contributed by atoms with Gasteiger partial charge in [0.2, 0.25) is 0 Å². The van der Waals surface area contributed by atoms with Gasteiger partial charge in [0.25, 0.3) is 0 Å². The number of aromatic amines is 1. The van der Waals surface area contributed by atoms with E-state index in [1.807, 2.05) is 34.9 Å². The molecule has 0 aliphatic carbocycles. The van der Waals surface area contributed by atoms with Gasteiger partial charge < -0.3 is 4.98 Å². The molecular formula is C16H10FN3S. The first-order valence-electron chi connectivity index (χ1n) is 6.48. The van der Waals surface area contributed by atoms with Crippen LogP contribution >= 0.6 is 12.2 Å². The van der Waals surface area contributed by atoms with Crippen LogP contribution < -0.4 is 0 Å². The minimum atomic E-state index is -0.310. The van der Waals surface area contributed by atoms with Crippen molar-refractivity contribution in [1.29, 1.82) is 0 Å². The quantitative estimate of drug-likeness (QED) is 0.529. The molecule has 2 aromatic heterocycles. The van der Waals surface area contributed by atoms with E-state index in [-0.39, 0.29) is 5.82 Å². The molecule has 0 saturated carbocycles. The molecule has 5 heteroatoms. The van der Waals surface area contributed by atoms with Crippen molar-refractivity contribution in [2.24, 2.45) is 0 Å². The molecule has 21 heavy (non-hydrogen) atoms. The lowest BCUT2D eigenvalue weighted by molar-refractivity contribution is 0.637. The van der Waals surface area contributed by atoms with Crippen molar-refractivity contribution in [2.75, 3.05) is 0 Å². The Morgan fingerprint density at radius 1 is 1.10 bits per heavy atom. The summed E-state index contributed by atoms with van der Waals surface area (Å²) in [5.41, 5.74) is 2.03. The fraction of sp³-hybridized carbons (Fsp3) is 0. The number of rotatable bonds is 1. The van der Waals surface area contributed by atoms with E-state index in [4.69, 9.17) is 12.2 Å². The molecular weight excluding hydrogens is 285 g/mol. The summed E-state index contributed by atoms with van der Waals surface area (Å²) < 4.78 is 16.2. The highest BCUT2D eigenvalue weighted by molar-refractivity contribution is 7.71. The number of fused-ring (bicyclic) bond motifs is 2. The van der Waals surface area contributed by atoms with Crippen molar-refractivity contribution in [3.63, 3.8) is 0 Å². The van der Waals surface area contributed by atoms with Crippen LogP contribution in [-0.2, 0) is 0 Å². The molecule has 0 fully saturated rings. The van der Waals surface area contributed by atoms with Gasteiger partial charge in [-0.3, -0.25) is 9.55 Å². The number of hydrogen-bond donors (Lipinski definition) is 1. The van der Waals surface area contributed by atoms with Crippen molar-refractivity contribution >= 4 is 34.0 Å². The fourth-order valence-electron chi connectivity index (χ4n) is 2.63. The van der Waals surface area contributed by atoms with Crippen molar-refractivity contribution < 1.29 is 4.39 Å². The molecule has 0 saturated heterocycles. The van der Waals surface area contributed by atoms with E-state index in [1.54, 1.807) is 18.5 Å². The van der Waals surface area contributed by atoms with Crippen LogP contribution in [-0.4, -0.2) is 14.5 Å². The van der Waals surface area contributed by atoms with E-state index in [1.165, 1.54) is 6.07 Å². The van der Waals surface area contributed by atoms with Gasteiger partial charge in [-0.15, -0.1) is 0 Å². The zero-order chi connectivity index (χ0) is 14.4. The summed E-state index contributed by atoms with van der Waals surface area (Å²) in [4.78, 5) is 7.12. The van der Waals surface area contributed by atoms with Gasteiger partial charge >= 0.3 is 0 Å². The Hall–Kier alpha value is -2.53. The molecule has 3 nitrogen and oxygen atoms in total. The van der Waals surface area contributed by atoms with E-state index < -0.39 is 0 Å². The monoisotopic (exact) mass is 295 g/mol. The maximum atomic E-state index is 13.9. The third-order valence-corrected chi connectivity index (χ3v) is 3.85. The first kappa shape index (κ1) is 12.2. The highest BCUT2D eigenvalue weighted by Crippen LogP contribution is 2.26. The van der Waals surface area contributed by atoms with Gasteiger partial charge in [0, 0.05) is 17.8 Å². The molecule has 0 amide bonds. The normalized spacial score (nSPS) is 11.3. The average Bonchev–Trinajstić information content (AvgIpc) is 2.84. The second kappa shape index (κ2) is 4.49.